The quantitative estimate of drug-likeness (QED) is 0.373. The maximum atomic E-state index is 10.2. The van der Waals surface area contributed by atoms with Crippen LogP contribution >= 0.6 is 12.6 Å². The summed E-state index contributed by atoms with van der Waals surface area (Å²) in [7, 11) is 0. The van der Waals surface area contributed by atoms with Crippen LogP contribution in [0.4, 0.5) is 0 Å². The molecule has 3 rings (SSSR count). The summed E-state index contributed by atoms with van der Waals surface area (Å²) in [6.45, 7) is 3.32. The molecule has 0 saturated heterocycles. The first-order valence-corrected chi connectivity index (χ1v) is 13.8. The number of hydrogen-bond donors (Lipinski definition) is 3. The molecule has 0 unspecified atom stereocenters. The van der Waals surface area contributed by atoms with Crippen LogP contribution in [0.25, 0.3) is 0 Å². The van der Waals surface area contributed by atoms with Crippen LogP contribution < -0.4 is 16.5 Å². The Hall–Kier alpha value is -1.76. The summed E-state index contributed by atoms with van der Waals surface area (Å²) < 4.78 is 3.94. The first-order valence-electron chi connectivity index (χ1n) is 9.04. The molecule has 0 bridgehead atoms. The van der Waals surface area contributed by atoms with Crippen LogP contribution in [0, 0.1) is 0 Å². The first kappa shape index (κ1) is 22.5. The molecule has 28 heavy (non-hydrogen) atoms. The number of thiol groups is 1. The van der Waals surface area contributed by atoms with Crippen molar-refractivity contribution in [2.24, 2.45) is 5.73 Å². The molecule has 0 amide bonds. The van der Waals surface area contributed by atoms with E-state index in [2.05, 4.69) is 104 Å². The Kier molecular flexibility index (Phi) is 8.60. The van der Waals surface area contributed by atoms with Crippen LogP contribution in [0.3, 0.4) is 0 Å². The molecule has 0 saturated carbocycles. The van der Waals surface area contributed by atoms with Crippen molar-refractivity contribution < 1.29 is 9.90 Å². The summed E-state index contributed by atoms with van der Waals surface area (Å²) in [5, 5.41) is 8.34. The Morgan fingerprint density at radius 1 is 0.821 bits per heavy atom. The Morgan fingerprint density at radius 3 is 1.29 bits per heavy atom. The van der Waals surface area contributed by atoms with Crippen molar-refractivity contribution >= 4 is 49.1 Å². The Labute approximate surface area is 179 Å². The van der Waals surface area contributed by atoms with E-state index in [0.717, 1.165) is 0 Å². The molecule has 0 spiro atoms. The Bertz CT molecular complexity index is 758. The van der Waals surface area contributed by atoms with Gasteiger partial charge in [-0.15, -0.1) is 0 Å². The standard InChI is InChI=1S/3C6H5.C5H11NO2S.Sn/c3*1-2-4-6-5-3-1;1-5(2,9)3(6)4(7)8;/h3*1-5H;3,9H,6H2,1-2H3,(H,7,8);/t;;;3-;/m...0./s1. The molecule has 0 aliphatic heterocycles. The van der Waals surface area contributed by atoms with Gasteiger partial charge >= 0.3 is 127 Å². The van der Waals surface area contributed by atoms with E-state index in [0.29, 0.717) is 0 Å². The minimum atomic E-state index is -1.98. The van der Waals surface area contributed by atoms with Crippen molar-refractivity contribution in [2.45, 2.75) is 24.6 Å². The average Bonchev–Trinajstić information content (AvgIpc) is 2.70. The molecule has 1 atom stereocenters. The van der Waals surface area contributed by atoms with E-state index in [1.165, 1.54) is 10.7 Å². The zero-order chi connectivity index (χ0) is 20.6. The number of carboxylic acids is 1. The number of benzene rings is 3. The maximum absolute atomic E-state index is 10.2. The Balaban J connectivity index is 0.000000266. The molecule has 0 aromatic heterocycles. The van der Waals surface area contributed by atoms with Crippen molar-refractivity contribution in [2.75, 3.05) is 0 Å². The number of carboxylic acid groups (broad SMARTS) is 1. The molecule has 5 heteroatoms. The van der Waals surface area contributed by atoms with Crippen LogP contribution in [0.5, 0.6) is 0 Å². The third-order valence-corrected chi connectivity index (χ3v) is 12.3. The number of rotatable bonds is 5. The Morgan fingerprint density at radius 2 is 1.11 bits per heavy atom. The van der Waals surface area contributed by atoms with Gasteiger partial charge in [0, 0.05) is 4.75 Å². The van der Waals surface area contributed by atoms with Crippen LogP contribution in [0.15, 0.2) is 91.0 Å². The van der Waals surface area contributed by atoms with Gasteiger partial charge in [0.05, 0.1) is 0 Å². The van der Waals surface area contributed by atoms with Gasteiger partial charge in [-0.2, -0.15) is 12.6 Å². The second-order valence-electron chi connectivity index (χ2n) is 6.94. The van der Waals surface area contributed by atoms with E-state index in [-0.39, 0.29) is 0 Å². The van der Waals surface area contributed by atoms with Gasteiger partial charge in [-0.05, 0) is 13.8 Å². The predicted molar refractivity (Wildman–Crippen MR) is 123 cm³/mol. The van der Waals surface area contributed by atoms with Gasteiger partial charge in [0.1, 0.15) is 6.04 Å². The van der Waals surface area contributed by atoms with Crippen molar-refractivity contribution in [1.82, 2.24) is 0 Å². The third kappa shape index (κ3) is 6.69. The van der Waals surface area contributed by atoms with Crippen LogP contribution in [-0.4, -0.2) is 41.6 Å². The molecule has 0 aliphatic rings. The van der Waals surface area contributed by atoms with Gasteiger partial charge in [-0.1, -0.05) is 0 Å². The van der Waals surface area contributed by atoms with Crippen molar-refractivity contribution in [3.05, 3.63) is 91.0 Å². The average molecular weight is 499 g/mol. The monoisotopic (exact) mass is 500 g/mol. The first-order chi connectivity index (χ1) is 13.3. The summed E-state index contributed by atoms with van der Waals surface area (Å²) in [6.07, 6.45) is 0. The van der Waals surface area contributed by atoms with E-state index in [4.69, 9.17) is 10.8 Å². The van der Waals surface area contributed by atoms with Gasteiger partial charge in [-0.3, -0.25) is 4.79 Å². The van der Waals surface area contributed by atoms with Crippen LogP contribution in [0.1, 0.15) is 13.8 Å². The van der Waals surface area contributed by atoms with Gasteiger partial charge in [-0.25, -0.2) is 0 Å². The van der Waals surface area contributed by atoms with Gasteiger partial charge in [0.25, 0.3) is 0 Å². The molecule has 0 aliphatic carbocycles. The van der Waals surface area contributed by atoms with Crippen LogP contribution in [-0.2, 0) is 4.79 Å². The van der Waals surface area contributed by atoms with E-state index in [9.17, 15) is 4.79 Å². The molecule has 1 radical (unpaired) electrons. The van der Waals surface area contributed by atoms with Crippen molar-refractivity contribution in [3.8, 4) is 0 Å². The fourth-order valence-corrected chi connectivity index (χ4v) is 10.1. The molecule has 145 valence electrons. The number of aliphatic carboxylic acids is 1. The van der Waals surface area contributed by atoms with E-state index < -0.39 is 36.5 Å². The summed E-state index contributed by atoms with van der Waals surface area (Å²) >= 11 is 2.00. The number of hydrogen-bond acceptors (Lipinski definition) is 3. The molecule has 3 nitrogen and oxygen atoms in total. The normalized spacial score (nSPS) is 12.0. The number of nitrogens with two attached hydrogens (primary N) is 1. The van der Waals surface area contributed by atoms with E-state index >= 15 is 0 Å². The summed E-state index contributed by atoms with van der Waals surface area (Å²) in [5.41, 5.74) is 5.22. The molecule has 0 fully saturated rings. The van der Waals surface area contributed by atoms with E-state index in [1.54, 1.807) is 13.8 Å². The predicted octanol–water partition coefficient (Wildman–Crippen LogP) is 2.31. The summed E-state index contributed by atoms with van der Waals surface area (Å²) in [4.78, 5) is 10.2. The van der Waals surface area contributed by atoms with Gasteiger partial charge < -0.3 is 10.8 Å². The van der Waals surface area contributed by atoms with Gasteiger partial charge in [0.15, 0.2) is 0 Å². The van der Waals surface area contributed by atoms with Gasteiger partial charge in [0.2, 0.25) is 0 Å². The van der Waals surface area contributed by atoms with Crippen LogP contribution in [0.2, 0.25) is 0 Å². The summed E-state index contributed by atoms with van der Waals surface area (Å²) in [6, 6.07) is 32.0. The molecule has 3 aromatic carbocycles. The fourth-order valence-electron chi connectivity index (χ4n) is 2.62. The molecule has 3 N–H and O–H groups in total. The zero-order valence-electron chi connectivity index (χ0n) is 16.1. The number of carbonyl (C=O) groups is 1. The molecular weight excluding hydrogens is 473 g/mol. The van der Waals surface area contributed by atoms with Crippen molar-refractivity contribution in [1.29, 1.82) is 0 Å². The minimum absolute atomic E-state index is 0.647. The summed E-state index contributed by atoms with van der Waals surface area (Å²) in [5.74, 6) is -1.02. The fraction of sp³-hybridized carbons (Fsp3) is 0.174. The second kappa shape index (κ2) is 10.7. The second-order valence-corrected chi connectivity index (χ2v) is 15.2. The van der Waals surface area contributed by atoms with Crippen molar-refractivity contribution in [3.63, 3.8) is 0 Å². The molecule has 3 aromatic rings. The topological polar surface area (TPSA) is 63.3 Å². The molecular formula is C23H26NO2SSn. The third-order valence-electron chi connectivity index (χ3n) is 4.21. The SMILES string of the molecule is CC(C)(S)[C@@H](N)C(=O)O.c1cc[c]([Sn]([c]2ccccc2)[c]2ccccc2)cc1. The zero-order valence-corrected chi connectivity index (χ0v) is 19.9. The molecule has 0 heterocycles. The van der Waals surface area contributed by atoms with E-state index in [1.807, 2.05) is 0 Å².